The number of halogens is 1. The fourth-order valence-electron chi connectivity index (χ4n) is 2.55. The van der Waals surface area contributed by atoms with E-state index in [0.717, 1.165) is 21.6 Å². The third kappa shape index (κ3) is 3.01. The van der Waals surface area contributed by atoms with Crippen LogP contribution in [0.3, 0.4) is 0 Å². The Balaban J connectivity index is 2.11. The molecule has 0 aromatic heterocycles. The summed E-state index contributed by atoms with van der Waals surface area (Å²) in [6.07, 6.45) is 5.31. The third-order valence-electron chi connectivity index (χ3n) is 3.59. The Morgan fingerprint density at radius 3 is 2.76 bits per heavy atom. The largest absolute Gasteiger partial charge is 0.381 e. The van der Waals surface area contributed by atoms with Crippen LogP contribution in [0.5, 0.6) is 0 Å². The van der Waals surface area contributed by atoms with Gasteiger partial charge < -0.3 is 5.32 Å². The van der Waals surface area contributed by atoms with Gasteiger partial charge in [-0.15, -0.1) is 0 Å². The van der Waals surface area contributed by atoms with Crippen molar-refractivity contribution < 1.29 is 0 Å². The molecule has 1 unspecified atom stereocenters. The Morgan fingerprint density at radius 1 is 1.41 bits per heavy atom. The third-order valence-corrected chi connectivity index (χ3v) is 4.09. The molecule has 1 aliphatic carbocycles. The molecule has 3 heteroatoms. The SMILES string of the molecule is CC(Nc1cc(Br)ccc1C#N)C1CCCC1. The highest BCUT2D eigenvalue weighted by Gasteiger charge is 2.21. The van der Waals surface area contributed by atoms with E-state index in [1.54, 1.807) is 0 Å². The van der Waals surface area contributed by atoms with Crippen LogP contribution in [-0.2, 0) is 0 Å². The number of nitriles is 1. The molecule has 0 spiro atoms. The maximum Gasteiger partial charge on any atom is 0.101 e. The first-order chi connectivity index (χ1) is 8.20. The van der Waals surface area contributed by atoms with Crippen molar-refractivity contribution in [2.75, 3.05) is 5.32 Å². The van der Waals surface area contributed by atoms with Crippen molar-refractivity contribution in [2.45, 2.75) is 38.6 Å². The molecule has 1 N–H and O–H groups in total. The lowest BCUT2D eigenvalue weighted by Gasteiger charge is -2.22. The molecule has 17 heavy (non-hydrogen) atoms. The molecule has 1 fully saturated rings. The van der Waals surface area contributed by atoms with E-state index in [2.05, 4.69) is 34.2 Å². The number of nitrogens with zero attached hydrogens (tertiary/aromatic N) is 1. The van der Waals surface area contributed by atoms with Gasteiger partial charge in [0, 0.05) is 10.5 Å². The molecule has 1 aromatic rings. The highest BCUT2D eigenvalue weighted by molar-refractivity contribution is 9.10. The average Bonchev–Trinajstić information content (AvgIpc) is 2.83. The number of hydrogen-bond acceptors (Lipinski definition) is 2. The zero-order chi connectivity index (χ0) is 12.3. The first-order valence-electron chi connectivity index (χ1n) is 6.17. The molecule has 2 nitrogen and oxygen atoms in total. The number of rotatable bonds is 3. The molecule has 1 atom stereocenters. The fourth-order valence-corrected chi connectivity index (χ4v) is 2.91. The van der Waals surface area contributed by atoms with Crippen molar-refractivity contribution in [1.29, 1.82) is 5.26 Å². The van der Waals surface area contributed by atoms with Gasteiger partial charge in [0.05, 0.1) is 11.3 Å². The van der Waals surface area contributed by atoms with Gasteiger partial charge in [-0.25, -0.2) is 0 Å². The molecule has 1 saturated carbocycles. The van der Waals surface area contributed by atoms with E-state index in [-0.39, 0.29) is 0 Å². The van der Waals surface area contributed by atoms with Crippen LogP contribution in [0.15, 0.2) is 22.7 Å². The molecule has 0 radical (unpaired) electrons. The van der Waals surface area contributed by atoms with Crippen LogP contribution in [-0.4, -0.2) is 6.04 Å². The highest BCUT2D eigenvalue weighted by atomic mass is 79.9. The summed E-state index contributed by atoms with van der Waals surface area (Å²) in [4.78, 5) is 0. The second-order valence-electron chi connectivity index (χ2n) is 4.78. The van der Waals surface area contributed by atoms with Gasteiger partial charge in [0.2, 0.25) is 0 Å². The number of benzene rings is 1. The summed E-state index contributed by atoms with van der Waals surface area (Å²) in [7, 11) is 0. The van der Waals surface area contributed by atoms with E-state index < -0.39 is 0 Å². The van der Waals surface area contributed by atoms with Crippen LogP contribution in [0.25, 0.3) is 0 Å². The molecule has 2 rings (SSSR count). The minimum atomic E-state index is 0.443. The second kappa shape index (κ2) is 5.55. The molecule has 0 amide bonds. The van der Waals surface area contributed by atoms with E-state index in [0.29, 0.717) is 6.04 Å². The summed E-state index contributed by atoms with van der Waals surface area (Å²) in [5.74, 6) is 0.750. The summed E-state index contributed by atoms with van der Waals surface area (Å²) in [6, 6.07) is 8.43. The first kappa shape index (κ1) is 12.4. The number of anilines is 1. The van der Waals surface area contributed by atoms with Crippen LogP contribution in [0.4, 0.5) is 5.69 Å². The Hall–Kier alpha value is -1.01. The van der Waals surface area contributed by atoms with Gasteiger partial charge >= 0.3 is 0 Å². The quantitative estimate of drug-likeness (QED) is 0.901. The molecule has 1 aliphatic rings. The summed E-state index contributed by atoms with van der Waals surface area (Å²) in [5.41, 5.74) is 1.67. The van der Waals surface area contributed by atoms with Crippen LogP contribution in [0.2, 0.25) is 0 Å². The summed E-state index contributed by atoms with van der Waals surface area (Å²) >= 11 is 3.45. The van der Waals surface area contributed by atoms with Gasteiger partial charge in [0.15, 0.2) is 0 Å². The van der Waals surface area contributed by atoms with Crippen molar-refractivity contribution in [3.63, 3.8) is 0 Å². The van der Waals surface area contributed by atoms with Crippen molar-refractivity contribution >= 4 is 21.6 Å². The smallest absolute Gasteiger partial charge is 0.101 e. The predicted molar refractivity (Wildman–Crippen MR) is 73.9 cm³/mol. The fraction of sp³-hybridized carbons (Fsp3) is 0.500. The zero-order valence-electron chi connectivity index (χ0n) is 10.0. The zero-order valence-corrected chi connectivity index (χ0v) is 11.6. The summed E-state index contributed by atoms with van der Waals surface area (Å²) in [6.45, 7) is 2.22. The predicted octanol–water partition coefficient (Wildman–Crippen LogP) is 4.31. The second-order valence-corrected chi connectivity index (χ2v) is 5.69. The van der Waals surface area contributed by atoms with Crippen molar-refractivity contribution in [3.05, 3.63) is 28.2 Å². The van der Waals surface area contributed by atoms with Crippen LogP contribution < -0.4 is 5.32 Å². The van der Waals surface area contributed by atoms with Crippen LogP contribution in [0.1, 0.15) is 38.2 Å². The summed E-state index contributed by atoms with van der Waals surface area (Å²) < 4.78 is 1.01. The lowest BCUT2D eigenvalue weighted by Crippen LogP contribution is -2.24. The Morgan fingerprint density at radius 2 is 2.12 bits per heavy atom. The molecule has 0 bridgehead atoms. The van der Waals surface area contributed by atoms with E-state index in [9.17, 15) is 0 Å². The molecule has 1 aromatic carbocycles. The molecular weight excluding hydrogens is 276 g/mol. The van der Waals surface area contributed by atoms with Crippen molar-refractivity contribution in [2.24, 2.45) is 5.92 Å². The van der Waals surface area contributed by atoms with Crippen molar-refractivity contribution in [1.82, 2.24) is 0 Å². The van der Waals surface area contributed by atoms with E-state index in [1.807, 2.05) is 18.2 Å². The van der Waals surface area contributed by atoms with Gasteiger partial charge in [-0.1, -0.05) is 28.8 Å². The molecule has 0 aliphatic heterocycles. The van der Waals surface area contributed by atoms with Gasteiger partial charge in [-0.05, 0) is 43.9 Å². The van der Waals surface area contributed by atoms with Gasteiger partial charge in [0.1, 0.15) is 6.07 Å². The topological polar surface area (TPSA) is 35.8 Å². The van der Waals surface area contributed by atoms with Crippen LogP contribution in [0, 0.1) is 17.2 Å². The molecule has 0 heterocycles. The van der Waals surface area contributed by atoms with Gasteiger partial charge in [0.25, 0.3) is 0 Å². The maximum absolute atomic E-state index is 9.08. The molecular formula is C14H17BrN2. The first-order valence-corrected chi connectivity index (χ1v) is 6.96. The van der Waals surface area contributed by atoms with Crippen LogP contribution >= 0.6 is 15.9 Å². The average molecular weight is 293 g/mol. The number of hydrogen-bond donors (Lipinski definition) is 1. The van der Waals surface area contributed by atoms with Gasteiger partial charge in [-0.3, -0.25) is 0 Å². The minimum absolute atomic E-state index is 0.443. The van der Waals surface area contributed by atoms with E-state index in [1.165, 1.54) is 25.7 Å². The Labute approximate surface area is 111 Å². The normalized spacial score (nSPS) is 17.7. The maximum atomic E-state index is 9.08. The Kier molecular flexibility index (Phi) is 4.06. The minimum Gasteiger partial charge on any atom is -0.381 e. The van der Waals surface area contributed by atoms with E-state index in [4.69, 9.17) is 5.26 Å². The lowest BCUT2D eigenvalue weighted by atomic mass is 9.99. The lowest BCUT2D eigenvalue weighted by molar-refractivity contribution is 0.482. The summed E-state index contributed by atoms with van der Waals surface area (Å²) in [5, 5.41) is 12.6. The molecule has 0 saturated heterocycles. The van der Waals surface area contributed by atoms with Gasteiger partial charge in [-0.2, -0.15) is 5.26 Å². The highest BCUT2D eigenvalue weighted by Crippen LogP contribution is 2.30. The number of nitrogens with one attached hydrogen (secondary N) is 1. The van der Waals surface area contributed by atoms with Crippen molar-refractivity contribution in [3.8, 4) is 6.07 Å². The monoisotopic (exact) mass is 292 g/mol. The molecule has 90 valence electrons. The Bertz CT molecular complexity index is 430. The standard InChI is InChI=1S/C14H17BrN2/c1-10(11-4-2-3-5-11)17-14-8-13(15)7-6-12(14)9-16/h6-8,10-11,17H,2-5H2,1H3. The van der Waals surface area contributed by atoms with E-state index >= 15 is 0 Å².